The second kappa shape index (κ2) is 11.7. The number of fused-ring (bicyclic) bond motifs is 1. The van der Waals surface area contributed by atoms with Crippen LogP contribution in [0.25, 0.3) is 22.6 Å². The fraction of sp³-hybridized carbons (Fsp3) is 0.385. The first-order chi connectivity index (χ1) is 16.5. The number of nitrogens with zero attached hydrogens (tertiary/aromatic N) is 3. The standard InChI is InChI=1S/C26H29ClN4O2S.ClH/c1-17(2)15-33-24-6-4-20(27)12-19(24)13-25-28-23(16-34-25)26-29-21-5-3-18(11-22(21)30-26)14-31-7-9-32-10-8-31;/h3-6,11-12,16-17H,7-10,13-15H2,1-2H3,(H,29,30);1H. The molecule has 1 saturated heterocycles. The van der Waals surface area contributed by atoms with Gasteiger partial charge >= 0.3 is 0 Å². The van der Waals surface area contributed by atoms with Gasteiger partial charge in [-0.2, -0.15) is 0 Å². The lowest BCUT2D eigenvalue weighted by molar-refractivity contribution is 0.0342. The minimum absolute atomic E-state index is 0. The Hall–Kier alpha value is -2.16. The minimum atomic E-state index is 0. The second-order valence-electron chi connectivity index (χ2n) is 9.09. The Balaban J connectivity index is 0.00000289. The van der Waals surface area contributed by atoms with Crippen LogP contribution >= 0.6 is 35.3 Å². The molecule has 1 fully saturated rings. The SMILES string of the molecule is CC(C)COc1ccc(Cl)cc1Cc1nc(-c2nc3ccc(CN4CCOCC4)cc3[nH]2)cs1.Cl. The predicted molar refractivity (Wildman–Crippen MR) is 145 cm³/mol. The van der Waals surface area contributed by atoms with E-state index < -0.39 is 0 Å². The lowest BCUT2D eigenvalue weighted by Gasteiger charge is -2.26. The van der Waals surface area contributed by atoms with E-state index in [1.54, 1.807) is 11.3 Å². The average molecular weight is 534 g/mol. The van der Waals surface area contributed by atoms with Gasteiger partial charge < -0.3 is 14.5 Å². The molecule has 0 radical (unpaired) electrons. The molecule has 6 nitrogen and oxygen atoms in total. The molecular weight excluding hydrogens is 503 g/mol. The van der Waals surface area contributed by atoms with Gasteiger partial charge in [0.05, 0.1) is 35.9 Å². The van der Waals surface area contributed by atoms with Gasteiger partial charge in [-0.05, 0) is 41.8 Å². The Morgan fingerprint density at radius 2 is 1.97 bits per heavy atom. The van der Waals surface area contributed by atoms with Crippen LogP contribution in [0.2, 0.25) is 5.02 Å². The first-order valence-corrected chi connectivity index (χ1v) is 12.9. The van der Waals surface area contributed by atoms with Crippen LogP contribution in [-0.4, -0.2) is 52.8 Å². The van der Waals surface area contributed by atoms with E-state index >= 15 is 0 Å². The summed E-state index contributed by atoms with van der Waals surface area (Å²) in [4.78, 5) is 15.5. The molecule has 0 bridgehead atoms. The van der Waals surface area contributed by atoms with Gasteiger partial charge in [0.1, 0.15) is 11.4 Å². The zero-order chi connectivity index (χ0) is 23.5. The van der Waals surface area contributed by atoms with Crippen molar-refractivity contribution >= 4 is 46.4 Å². The Morgan fingerprint density at radius 1 is 1.14 bits per heavy atom. The molecular formula is C26H30Cl2N4O2S. The number of nitrogens with one attached hydrogen (secondary N) is 1. The maximum atomic E-state index is 6.27. The van der Waals surface area contributed by atoms with E-state index in [0.29, 0.717) is 24.0 Å². The lowest BCUT2D eigenvalue weighted by atomic mass is 10.1. The minimum Gasteiger partial charge on any atom is -0.493 e. The maximum absolute atomic E-state index is 6.27. The third-order valence-electron chi connectivity index (χ3n) is 5.79. The molecule has 1 aliphatic heterocycles. The molecule has 3 heterocycles. The summed E-state index contributed by atoms with van der Waals surface area (Å²) in [6.07, 6.45) is 0.669. The van der Waals surface area contributed by atoms with Gasteiger partial charge in [0.2, 0.25) is 0 Å². The molecule has 0 spiro atoms. The number of rotatable bonds is 8. The molecule has 2 aromatic heterocycles. The summed E-state index contributed by atoms with van der Waals surface area (Å²) in [5.74, 6) is 2.12. The van der Waals surface area contributed by atoms with Crippen molar-refractivity contribution in [2.75, 3.05) is 32.9 Å². The van der Waals surface area contributed by atoms with Crippen molar-refractivity contribution in [1.29, 1.82) is 0 Å². The number of hydrogen-bond acceptors (Lipinski definition) is 6. The number of benzene rings is 2. The zero-order valence-corrected chi connectivity index (χ0v) is 22.3. The highest BCUT2D eigenvalue weighted by Gasteiger charge is 2.15. The predicted octanol–water partition coefficient (Wildman–Crippen LogP) is 6.22. The van der Waals surface area contributed by atoms with Crippen molar-refractivity contribution in [2.24, 2.45) is 5.92 Å². The number of halogens is 2. The summed E-state index contributed by atoms with van der Waals surface area (Å²) < 4.78 is 11.5. The number of aromatic nitrogens is 3. The molecule has 9 heteroatoms. The van der Waals surface area contributed by atoms with E-state index in [2.05, 4.69) is 47.3 Å². The maximum Gasteiger partial charge on any atom is 0.158 e. The van der Waals surface area contributed by atoms with Gasteiger partial charge in [0.15, 0.2) is 5.82 Å². The molecule has 4 aromatic rings. The van der Waals surface area contributed by atoms with Crippen molar-refractivity contribution in [3.05, 3.63) is 62.9 Å². The molecule has 35 heavy (non-hydrogen) atoms. The van der Waals surface area contributed by atoms with Crippen LogP contribution in [0.1, 0.15) is 30.0 Å². The van der Waals surface area contributed by atoms with E-state index in [9.17, 15) is 0 Å². The van der Waals surface area contributed by atoms with E-state index in [0.717, 1.165) is 71.7 Å². The van der Waals surface area contributed by atoms with E-state index in [1.807, 2.05) is 18.2 Å². The van der Waals surface area contributed by atoms with Gasteiger partial charge in [-0.3, -0.25) is 4.90 Å². The van der Waals surface area contributed by atoms with Gasteiger partial charge in [-0.25, -0.2) is 9.97 Å². The smallest absolute Gasteiger partial charge is 0.158 e. The fourth-order valence-corrected chi connectivity index (χ4v) is 5.04. The Bertz CT molecular complexity index is 1270. The molecule has 1 aliphatic rings. The molecule has 1 N–H and O–H groups in total. The van der Waals surface area contributed by atoms with E-state index in [-0.39, 0.29) is 12.4 Å². The molecule has 0 unspecified atom stereocenters. The van der Waals surface area contributed by atoms with Crippen molar-refractivity contribution < 1.29 is 9.47 Å². The van der Waals surface area contributed by atoms with Gasteiger partial charge in [0.25, 0.3) is 0 Å². The number of morpholine rings is 1. The Morgan fingerprint density at radius 3 is 2.77 bits per heavy atom. The van der Waals surface area contributed by atoms with E-state index in [4.69, 9.17) is 31.0 Å². The molecule has 186 valence electrons. The third kappa shape index (κ3) is 6.54. The van der Waals surface area contributed by atoms with Crippen LogP contribution in [0.4, 0.5) is 0 Å². The molecule has 2 aromatic carbocycles. The first-order valence-electron chi connectivity index (χ1n) is 11.7. The zero-order valence-electron chi connectivity index (χ0n) is 19.9. The van der Waals surface area contributed by atoms with Crippen molar-refractivity contribution in [2.45, 2.75) is 26.8 Å². The highest BCUT2D eigenvalue weighted by atomic mass is 35.5. The average Bonchev–Trinajstić information content (AvgIpc) is 3.46. The molecule has 0 amide bonds. The number of thiazole rings is 1. The highest BCUT2D eigenvalue weighted by Crippen LogP contribution is 2.29. The first kappa shape index (κ1) is 25.9. The van der Waals surface area contributed by atoms with Gasteiger partial charge in [-0.1, -0.05) is 31.5 Å². The summed E-state index contributed by atoms with van der Waals surface area (Å²) in [7, 11) is 0. The largest absolute Gasteiger partial charge is 0.493 e. The van der Waals surface area contributed by atoms with E-state index in [1.165, 1.54) is 5.56 Å². The molecule has 0 atom stereocenters. The van der Waals surface area contributed by atoms with Gasteiger partial charge in [-0.15, -0.1) is 23.7 Å². The molecule has 0 aliphatic carbocycles. The van der Waals surface area contributed by atoms with Crippen LogP contribution < -0.4 is 4.74 Å². The summed E-state index contributed by atoms with van der Waals surface area (Å²) in [6.45, 7) is 9.45. The van der Waals surface area contributed by atoms with Crippen LogP contribution in [-0.2, 0) is 17.7 Å². The quantitative estimate of drug-likeness (QED) is 0.291. The number of ether oxygens (including phenoxy) is 2. The summed E-state index contributed by atoms with van der Waals surface area (Å²) >= 11 is 7.90. The summed E-state index contributed by atoms with van der Waals surface area (Å²) in [6, 6.07) is 12.2. The summed E-state index contributed by atoms with van der Waals surface area (Å²) in [5, 5.41) is 3.76. The highest BCUT2D eigenvalue weighted by molar-refractivity contribution is 7.10. The summed E-state index contributed by atoms with van der Waals surface area (Å²) in [5.41, 5.74) is 5.17. The monoisotopic (exact) mass is 532 g/mol. The number of aromatic amines is 1. The van der Waals surface area contributed by atoms with Crippen molar-refractivity contribution in [3.63, 3.8) is 0 Å². The normalized spacial score (nSPS) is 14.4. The Kier molecular flexibility index (Phi) is 8.68. The number of hydrogen-bond donors (Lipinski definition) is 1. The topological polar surface area (TPSA) is 63.3 Å². The number of imidazole rings is 1. The molecule has 5 rings (SSSR count). The van der Waals surface area contributed by atoms with Crippen LogP contribution in [0.15, 0.2) is 41.8 Å². The van der Waals surface area contributed by atoms with Gasteiger partial charge in [0, 0.05) is 42.0 Å². The van der Waals surface area contributed by atoms with Crippen molar-refractivity contribution in [1.82, 2.24) is 19.9 Å². The second-order valence-corrected chi connectivity index (χ2v) is 10.5. The van der Waals surface area contributed by atoms with Crippen LogP contribution in [0, 0.1) is 5.92 Å². The third-order valence-corrected chi connectivity index (χ3v) is 6.87. The van der Waals surface area contributed by atoms with Crippen LogP contribution in [0.3, 0.4) is 0 Å². The molecule has 0 saturated carbocycles. The van der Waals surface area contributed by atoms with Crippen LogP contribution in [0.5, 0.6) is 5.75 Å². The fourth-order valence-electron chi connectivity index (χ4n) is 4.04. The lowest BCUT2D eigenvalue weighted by Crippen LogP contribution is -2.35. The Labute approximate surface area is 221 Å². The number of H-pyrrole nitrogens is 1. The van der Waals surface area contributed by atoms with Crippen molar-refractivity contribution in [3.8, 4) is 17.3 Å².